The Labute approximate surface area is 140 Å². The molecule has 2 aromatic carbocycles. The maximum Gasteiger partial charge on any atom is 0.251 e. The van der Waals surface area contributed by atoms with Gasteiger partial charge in [0, 0.05) is 29.2 Å². The Morgan fingerprint density at radius 3 is 2.04 bits per heavy atom. The molecule has 2 amide bonds. The van der Waals surface area contributed by atoms with Crippen LogP contribution in [-0.2, 0) is 6.54 Å². The fraction of sp³-hybridized carbons (Fsp3) is 0.222. The number of carbonyl (C=O) groups is 2. The summed E-state index contributed by atoms with van der Waals surface area (Å²) in [5, 5.41) is 6.23. The van der Waals surface area contributed by atoms with Crippen LogP contribution >= 0.6 is 11.6 Å². The van der Waals surface area contributed by atoms with E-state index in [9.17, 15) is 9.59 Å². The van der Waals surface area contributed by atoms with Gasteiger partial charge in [-0.15, -0.1) is 0 Å². The van der Waals surface area contributed by atoms with Gasteiger partial charge in [0.1, 0.15) is 0 Å². The minimum atomic E-state index is -0.203. The first-order valence-electron chi connectivity index (χ1n) is 7.51. The van der Waals surface area contributed by atoms with E-state index in [-0.39, 0.29) is 11.8 Å². The van der Waals surface area contributed by atoms with E-state index < -0.39 is 0 Å². The molecule has 0 aromatic heterocycles. The highest BCUT2D eigenvalue weighted by molar-refractivity contribution is 6.31. The molecule has 0 atom stereocenters. The summed E-state index contributed by atoms with van der Waals surface area (Å²) < 4.78 is 0. The average Bonchev–Trinajstić information content (AvgIpc) is 2.59. The molecular formula is C18H19ClN2O2. The summed E-state index contributed by atoms with van der Waals surface area (Å²) >= 11 is 6.06. The third-order valence-corrected chi connectivity index (χ3v) is 3.71. The van der Waals surface area contributed by atoms with Crippen LogP contribution in [0.25, 0.3) is 0 Å². The molecule has 0 saturated carbocycles. The van der Waals surface area contributed by atoms with Crippen LogP contribution in [0.4, 0.5) is 0 Å². The molecule has 2 rings (SSSR count). The third kappa shape index (κ3) is 4.83. The molecule has 0 aliphatic rings. The number of nitrogens with one attached hydrogen (secondary N) is 2. The summed E-state index contributed by atoms with van der Waals surface area (Å²) in [5.41, 5.74) is 1.91. The Morgan fingerprint density at radius 1 is 0.913 bits per heavy atom. The second kappa shape index (κ2) is 8.34. The molecular weight excluding hydrogens is 312 g/mol. The molecule has 5 heteroatoms. The highest BCUT2D eigenvalue weighted by Gasteiger charge is 2.09. The van der Waals surface area contributed by atoms with E-state index in [4.69, 9.17) is 11.6 Å². The quantitative estimate of drug-likeness (QED) is 0.852. The minimum Gasteiger partial charge on any atom is -0.352 e. The summed E-state index contributed by atoms with van der Waals surface area (Å²) in [6, 6.07) is 13.9. The molecule has 0 radical (unpaired) electrons. The number of hydrogen-bond donors (Lipinski definition) is 2. The largest absolute Gasteiger partial charge is 0.352 e. The lowest BCUT2D eigenvalue weighted by Gasteiger charge is -2.08. The van der Waals surface area contributed by atoms with Crippen LogP contribution in [0.2, 0.25) is 5.02 Å². The zero-order valence-corrected chi connectivity index (χ0v) is 13.7. The maximum absolute atomic E-state index is 12.1. The smallest absolute Gasteiger partial charge is 0.251 e. The molecule has 0 bridgehead atoms. The predicted octanol–water partition coefficient (Wildman–Crippen LogP) is 3.41. The lowest BCUT2D eigenvalue weighted by atomic mass is 10.1. The van der Waals surface area contributed by atoms with Crippen LogP contribution in [0, 0.1) is 0 Å². The molecule has 0 saturated heterocycles. The molecule has 2 aromatic rings. The Hall–Kier alpha value is -2.33. The molecule has 0 spiro atoms. The minimum absolute atomic E-state index is 0.130. The summed E-state index contributed by atoms with van der Waals surface area (Å²) in [6.45, 7) is 2.99. The number of benzene rings is 2. The van der Waals surface area contributed by atoms with E-state index in [0.717, 1.165) is 12.0 Å². The molecule has 4 nitrogen and oxygen atoms in total. The van der Waals surface area contributed by atoms with Gasteiger partial charge in [0.2, 0.25) is 0 Å². The Bertz CT molecular complexity index is 684. The highest BCUT2D eigenvalue weighted by Crippen LogP contribution is 2.14. The predicted molar refractivity (Wildman–Crippen MR) is 91.7 cm³/mol. The van der Waals surface area contributed by atoms with Crippen molar-refractivity contribution in [3.8, 4) is 0 Å². The van der Waals surface area contributed by atoms with Crippen molar-refractivity contribution in [2.45, 2.75) is 19.9 Å². The fourth-order valence-electron chi connectivity index (χ4n) is 2.03. The SMILES string of the molecule is CCCNC(=O)c1ccc(C(=O)NCc2ccccc2Cl)cc1. The third-order valence-electron chi connectivity index (χ3n) is 3.34. The van der Waals surface area contributed by atoms with E-state index in [1.807, 2.05) is 25.1 Å². The molecule has 120 valence electrons. The number of rotatable bonds is 6. The molecule has 0 aliphatic carbocycles. The number of carbonyl (C=O) groups excluding carboxylic acids is 2. The zero-order valence-electron chi connectivity index (χ0n) is 12.9. The summed E-state index contributed by atoms with van der Waals surface area (Å²) in [5.74, 6) is -0.333. The van der Waals surface area contributed by atoms with Crippen molar-refractivity contribution in [3.05, 3.63) is 70.2 Å². The van der Waals surface area contributed by atoms with Crippen LogP contribution in [0.5, 0.6) is 0 Å². The van der Waals surface area contributed by atoms with E-state index in [1.165, 1.54) is 0 Å². The molecule has 0 heterocycles. The second-order valence-corrected chi connectivity index (χ2v) is 5.51. The Balaban J connectivity index is 1.95. The number of amides is 2. The lowest BCUT2D eigenvalue weighted by molar-refractivity contribution is 0.0940. The van der Waals surface area contributed by atoms with Crippen molar-refractivity contribution in [1.29, 1.82) is 0 Å². The van der Waals surface area contributed by atoms with Crippen LogP contribution in [0.3, 0.4) is 0 Å². The van der Waals surface area contributed by atoms with Crippen LogP contribution in [0.15, 0.2) is 48.5 Å². The summed E-state index contributed by atoms with van der Waals surface area (Å²) in [6.07, 6.45) is 0.883. The van der Waals surface area contributed by atoms with Crippen LogP contribution in [-0.4, -0.2) is 18.4 Å². The van der Waals surface area contributed by atoms with Gasteiger partial charge in [-0.1, -0.05) is 36.7 Å². The highest BCUT2D eigenvalue weighted by atomic mass is 35.5. The summed E-state index contributed by atoms with van der Waals surface area (Å²) in [4.78, 5) is 23.9. The topological polar surface area (TPSA) is 58.2 Å². The van der Waals surface area contributed by atoms with Crippen molar-refractivity contribution in [1.82, 2.24) is 10.6 Å². The molecule has 0 aliphatic heterocycles. The van der Waals surface area contributed by atoms with Gasteiger partial charge in [0.15, 0.2) is 0 Å². The van der Waals surface area contributed by atoms with Crippen molar-refractivity contribution in [3.63, 3.8) is 0 Å². The number of halogens is 1. The summed E-state index contributed by atoms with van der Waals surface area (Å²) in [7, 11) is 0. The van der Waals surface area contributed by atoms with Crippen LogP contribution in [0.1, 0.15) is 39.6 Å². The molecule has 0 fully saturated rings. The van der Waals surface area contributed by atoms with Crippen LogP contribution < -0.4 is 10.6 Å². The maximum atomic E-state index is 12.1. The fourth-order valence-corrected chi connectivity index (χ4v) is 2.24. The lowest BCUT2D eigenvalue weighted by Crippen LogP contribution is -2.25. The van der Waals surface area contributed by atoms with Crippen molar-refractivity contribution >= 4 is 23.4 Å². The van der Waals surface area contributed by atoms with Gasteiger partial charge in [0.25, 0.3) is 11.8 Å². The number of hydrogen-bond acceptors (Lipinski definition) is 2. The normalized spacial score (nSPS) is 10.2. The van der Waals surface area contributed by atoms with Gasteiger partial charge in [-0.05, 0) is 42.3 Å². The van der Waals surface area contributed by atoms with E-state index in [1.54, 1.807) is 30.3 Å². The molecule has 2 N–H and O–H groups in total. The molecule has 23 heavy (non-hydrogen) atoms. The first-order chi connectivity index (χ1) is 11.1. The first kappa shape index (κ1) is 17.0. The van der Waals surface area contributed by atoms with Gasteiger partial charge in [-0.2, -0.15) is 0 Å². The second-order valence-electron chi connectivity index (χ2n) is 5.11. The van der Waals surface area contributed by atoms with E-state index in [2.05, 4.69) is 10.6 Å². The van der Waals surface area contributed by atoms with Gasteiger partial charge in [0.05, 0.1) is 0 Å². The Morgan fingerprint density at radius 2 is 1.48 bits per heavy atom. The van der Waals surface area contributed by atoms with Crippen molar-refractivity contribution < 1.29 is 9.59 Å². The average molecular weight is 331 g/mol. The van der Waals surface area contributed by atoms with Crippen molar-refractivity contribution in [2.75, 3.05) is 6.54 Å². The van der Waals surface area contributed by atoms with Crippen molar-refractivity contribution in [2.24, 2.45) is 0 Å². The monoisotopic (exact) mass is 330 g/mol. The standard InChI is InChI=1S/C18H19ClN2O2/c1-2-11-20-17(22)13-7-9-14(10-8-13)18(23)21-12-15-5-3-4-6-16(15)19/h3-10H,2,11-12H2,1H3,(H,20,22)(H,21,23). The molecule has 0 unspecified atom stereocenters. The van der Waals surface area contributed by atoms with Gasteiger partial charge < -0.3 is 10.6 Å². The Kier molecular flexibility index (Phi) is 6.18. The first-order valence-corrected chi connectivity index (χ1v) is 7.89. The van der Waals surface area contributed by atoms with Gasteiger partial charge in [-0.3, -0.25) is 9.59 Å². The zero-order chi connectivity index (χ0) is 16.7. The van der Waals surface area contributed by atoms with Gasteiger partial charge in [-0.25, -0.2) is 0 Å². The van der Waals surface area contributed by atoms with E-state index in [0.29, 0.717) is 29.2 Å². The van der Waals surface area contributed by atoms with E-state index >= 15 is 0 Å². The van der Waals surface area contributed by atoms with Gasteiger partial charge >= 0.3 is 0 Å².